The van der Waals surface area contributed by atoms with Crippen LogP contribution in [0, 0.1) is 0 Å². The normalized spacial score (nSPS) is 10.7. The molecule has 0 aliphatic rings. The van der Waals surface area contributed by atoms with Gasteiger partial charge in [-0.1, -0.05) is 121 Å². The van der Waals surface area contributed by atoms with E-state index in [1.165, 1.54) is 28.8 Å². The average Bonchev–Trinajstić information content (AvgIpc) is 2.93. The van der Waals surface area contributed by atoms with Gasteiger partial charge in [-0.15, -0.1) is 0 Å². The van der Waals surface area contributed by atoms with Gasteiger partial charge in [0.05, 0.1) is 21.7 Å². The van der Waals surface area contributed by atoms with E-state index in [0.29, 0.717) is 16.1 Å². The Bertz CT molecular complexity index is 1130. The number of ether oxygens (including phenoxy) is 1. The first-order chi connectivity index (χ1) is 18.4. The van der Waals surface area contributed by atoms with Crippen molar-refractivity contribution in [2.75, 3.05) is 6.61 Å². The van der Waals surface area contributed by atoms with E-state index in [2.05, 4.69) is 97.2 Å². The Morgan fingerprint density at radius 1 is 0.711 bits per heavy atom. The molecule has 200 valence electrons. The third-order valence-electron chi connectivity index (χ3n) is 5.92. The molecule has 0 spiro atoms. The Balaban J connectivity index is 0.000000336. The van der Waals surface area contributed by atoms with Crippen LogP contribution in [0.3, 0.4) is 0 Å². The van der Waals surface area contributed by atoms with Gasteiger partial charge >= 0.3 is 0 Å². The monoisotopic (exact) mass is 569 g/mol. The van der Waals surface area contributed by atoms with Crippen molar-refractivity contribution >= 4 is 34.8 Å². The predicted octanol–water partition coefficient (Wildman–Crippen LogP) is 9.16. The Morgan fingerprint density at radius 2 is 1.26 bits per heavy atom. The van der Waals surface area contributed by atoms with Crippen LogP contribution in [-0.2, 0) is 19.4 Å². The van der Waals surface area contributed by atoms with Gasteiger partial charge in [0.15, 0.2) is 0 Å². The van der Waals surface area contributed by atoms with Gasteiger partial charge in [-0.05, 0) is 54.2 Å². The topological polar surface area (TPSA) is 41.5 Å². The van der Waals surface area contributed by atoms with Gasteiger partial charge < -0.3 is 15.2 Å². The van der Waals surface area contributed by atoms with Crippen LogP contribution in [0.15, 0.2) is 97.1 Å². The SMILES string of the molecule is CCCCOc1ccc(CNC(Cc2ccccc2)Cc2ccccc2)cc1.Oc1cc(Cl)c(Cl)cc1Cl. The number of benzene rings is 4. The lowest BCUT2D eigenvalue weighted by Gasteiger charge is -2.19. The molecule has 0 aromatic heterocycles. The third-order valence-corrected chi connectivity index (χ3v) is 6.95. The fraction of sp³-hybridized carbons (Fsp3) is 0.250. The fourth-order valence-corrected chi connectivity index (χ4v) is 4.37. The van der Waals surface area contributed by atoms with E-state index in [0.717, 1.165) is 44.6 Å². The van der Waals surface area contributed by atoms with Crippen molar-refractivity contribution in [1.82, 2.24) is 5.32 Å². The summed E-state index contributed by atoms with van der Waals surface area (Å²) >= 11 is 16.6. The molecule has 4 aromatic carbocycles. The second kappa shape index (κ2) is 16.3. The van der Waals surface area contributed by atoms with E-state index in [4.69, 9.17) is 44.6 Å². The summed E-state index contributed by atoms with van der Waals surface area (Å²) < 4.78 is 5.76. The zero-order valence-electron chi connectivity index (χ0n) is 21.5. The van der Waals surface area contributed by atoms with Gasteiger partial charge in [0.2, 0.25) is 0 Å². The van der Waals surface area contributed by atoms with Crippen molar-refractivity contribution in [2.24, 2.45) is 0 Å². The maximum atomic E-state index is 8.95. The summed E-state index contributed by atoms with van der Waals surface area (Å²) in [6.45, 7) is 3.84. The molecule has 0 amide bonds. The van der Waals surface area contributed by atoms with Crippen molar-refractivity contribution in [2.45, 2.75) is 45.2 Å². The molecule has 3 nitrogen and oxygen atoms in total. The fourth-order valence-electron chi connectivity index (χ4n) is 3.83. The van der Waals surface area contributed by atoms with Gasteiger partial charge in [0.1, 0.15) is 11.5 Å². The van der Waals surface area contributed by atoms with Gasteiger partial charge in [-0.2, -0.15) is 0 Å². The number of phenols is 1. The minimum Gasteiger partial charge on any atom is -0.506 e. The highest BCUT2D eigenvalue weighted by Crippen LogP contribution is 2.32. The van der Waals surface area contributed by atoms with Crippen LogP contribution >= 0.6 is 34.8 Å². The minimum atomic E-state index is -0.0592. The first-order valence-electron chi connectivity index (χ1n) is 12.8. The van der Waals surface area contributed by atoms with E-state index in [1.807, 2.05) is 0 Å². The zero-order chi connectivity index (χ0) is 27.2. The molecule has 0 atom stereocenters. The highest BCUT2D eigenvalue weighted by molar-refractivity contribution is 6.43. The van der Waals surface area contributed by atoms with Gasteiger partial charge in [0.25, 0.3) is 0 Å². The van der Waals surface area contributed by atoms with Crippen LogP contribution in [0.25, 0.3) is 0 Å². The number of phenolic OH excluding ortho intramolecular Hbond substituents is 1. The summed E-state index contributed by atoms with van der Waals surface area (Å²) in [5.41, 5.74) is 4.03. The number of unbranched alkanes of at least 4 members (excludes halogenated alkanes) is 1. The average molecular weight is 571 g/mol. The van der Waals surface area contributed by atoms with E-state index < -0.39 is 0 Å². The second-order valence-corrected chi connectivity index (χ2v) is 10.2. The molecular weight excluding hydrogens is 537 g/mol. The van der Waals surface area contributed by atoms with E-state index in [-0.39, 0.29) is 10.8 Å². The van der Waals surface area contributed by atoms with Crippen molar-refractivity contribution in [3.05, 3.63) is 129 Å². The van der Waals surface area contributed by atoms with E-state index in [9.17, 15) is 0 Å². The number of nitrogens with one attached hydrogen (secondary N) is 1. The molecule has 0 aliphatic carbocycles. The lowest BCUT2D eigenvalue weighted by molar-refractivity contribution is 0.309. The van der Waals surface area contributed by atoms with Crippen LogP contribution in [-0.4, -0.2) is 17.8 Å². The first kappa shape index (κ1) is 29.9. The highest BCUT2D eigenvalue weighted by atomic mass is 35.5. The Hall–Kier alpha value is -2.69. The van der Waals surface area contributed by atoms with Gasteiger partial charge in [-0.25, -0.2) is 0 Å². The number of hydrogen-bond acceptors (Lipinski definition) is 3. The quantitative estimate of drug-likeness (QED) is 0.139. The van der Waals surface area contributed by atoms with Crippen molar-refractivity contribution in [1.29, 1.82) is 0 Å². The molecule has 0 aliphatic heterocycles. The summed E-state index contributed by atoms with van der Waals surface area (Å²) in [4.78, 5) is 0. The summed E-state index contributed by atoms with van der Waals surface area (Å²) in [5.74, 6) is 0.901. The number of rotatable bonds is 11. The molecule has 0 bridgehead atoms. The van der Waals surface area contributed by atoms with Gasteiger partial charge in [-0.3, -0.25) is 0 Å². The molecule has 0 radical (unpaired) electrons. The van der Waals surface area contributed by atoms with Crippen molar-refractivity contribution < 1.29 is 9.84 Å². The maximum Gasteiger partial charge on any atom is 0.135 e. The third kappa shape index (κ3) is 10.6. The van der Waals surface area contributed by atoms with Crippen molar-refractivity contribution in [3.63, 3.8) is 0 Å². The van der Waals surface area contributed by atoms with Gasteiger partial charge in [0, 0.05) is 18.7 Å². The number of aromatic hydroxyl groups is 1. The molecule has 4 aromatic rings. The molecular formula is C32H34Cl3NO2. The Morgan fingerprint density at radius 3 is 1.79 bits per heavy atom. The molecule has 4 rings (SSSR count). The largest absolute Gasteiger partial charge is 0.506 e. The van der Waals surface area contributed by atoms with Crippen LogP contribution in [0.1, 0.15) is 36.5 Å². The molecule has 0 unspecified atom stereocenters. The maximum absolute atomic E-state index is 8.95. The summed E-state index contributed by atoms with van der Waals surface area (Å²) in [6, 6.07) is 33.0. The first-order valence-corrected chi connectivity index (χ1v) is 13.9. The summed E-state index contributed by atoms with van der Waals surface area (Å²) in [7, 11) is 0. The summed E-state index contributed by atoms with van der Waals surface area (Å²) in [5, 5.41) is 13.5. The predicted molar refractivity (Wildman–Crippen MR) is 161 cm³/mol. The molecule has 6 heteroatoms. The smallest absolute Gasteiger partial charge is 0.135 e. The zero-order valence-corrected chi connectivity index (χ0v) is 23.8. The number of halogens is 3. The number of hydrogen-bond donors (Lipinski definition) is 2. The van der Waals surface area contributed by atoms with E-state index in [1.54, 1.807) is 0 Å². The lowest BCUT2D eigenvalue weighted by atomic mass is 9.98. The molecule has 0 saturated heterocycles. The van der Waals surface area contributed by atoms with Crippen LogP contribution in [0.5, 0.6) is 11.5 Å². The Labute approximate surface area is 241 Å². The highest BCUT2D eigenvalue weighted by Gasteiger charge is 2.11. The second-order valence-electron chi connectivity index (χ2n) is 9.02. The molecule has 0 fully saturated rings. The van der Waals surface area contributed by atoms with Crippen LogP contribution in [0.4, 0.5) is 0 Å². The molecule has 0 saturated carbocycles. The van der Waals surface area contributed by atoms with Crippen molar-refractivity contribution in [3.8, 4) is 11.5 Å². The molecule has 0 heterocycles. The molecule has 2 N–H and O–H groups in total. The molecule has 38 heavy (non-hydrogen) atoms. The lowest BCUT2D eigenvalue weighted by Crippen LogP contribution is -2.32. The van der Waals surface area contributed by atoms with E-state index >= 15 is 0 Å². The summed E-state index contributed by atoms with van der Waals surface area (Å²) in [6.07, 6.45) is 4.30. The van der Waals surface area contributed by atoms with Crippen LogP contribution < -0.4 is 10.1 Å². The minimum absolute atomic E-state index is 0.0592. The Kier molecular flexibility index (Phi) is 12.8. The van der Waals surface area contributed by atoms with Crippen LogP contribution in [0.2, 0.25) is 15.1 Å². The standard InChI is InChI=1S/C26H31NO.C6H3Cl3O/c1-2-3-18-28-26-16-14-24(15-17-26)21-27-25(19-22-10-6-4-7-11-22)20-23-12-8-5-9-13-23;7-3-1-5(9)6(10)2-4(3)8/h4-17,25,27H,2-3,18-21H2,1H3;1-2,10H.